The molecule has 0 radical (unpaired) electrons. The zero-order valence-corrected chi connectivity index (χ0v) is 17.2. The number of rotatable bonds is 5. The minimum atomic E-state index is -0.700. The van der Waals surface area contributed by atoms with E-state index in [1.54, 1.807) is 37.3 Å². The summed E-state index contributed by atoms with van der Waals surface area (Å²) in [4.78, 5) is 25.2. The fourth-order valence-corrected chi connectivity index (χ4v) is 3.36. The van der Waals surface area contributed by atoms with Crippen LogP contribution in [0, 0.1) is 0 Å². The van der Waals surface area contributed by atoms with Crippen LogP contribution in [0.5, 0.6) is 11.5 Å². The molecule has 1 aliphatic heterocycles. The van der Waals surface area contributed by atoms with E-state index >= 15 is 0 Å². The molecule has 3 rings (SSSR count). The third kappa shape index (κ3) is 3.96. The highest BCUT2D eigenvalue weighted by atomic mass is 79.9. The summed E-state index contributed by atoms with van der Waals surface area (Å²) < 4.78 is 11.8. The lowest BCUT2D eigenvalue weighted by molar-refractivity contribution is -0.113. The molecule has 0 bridgehead atoms. The number of hydrogen-bond acceptors (Lipinski definition) is 4. The van der Waals surface area contributed by atoms with Gasteiger partial charge < -0.3 is 25.4 Å². The summed E-state index contributed by atoms with van der Waals surface area (Å²) in [7, 11) is 3.05. The number of allylic oxidation sites excluding steroid dienone is 1. The Kier molecular flexibility index (Phi) is 5.89. The quantitative estimate of drug-likeness (QED) is 0.653. The normalized spacial score (nSPS) is 16.1. The van der Waals surface area contributed by atoms with Gasteiger partial charge in [-0.3, -0.25) is 4.79 Å². The van der Waals surface area contributed by atoms with Gasteiger partial charge in [0, 0.05) is 21.4 Å². The van der Waals surface area contributed by atoms with Gasteiger partial charge in [-0.25, -0.2) is 4.79 Å². The molecule has 0 aromatic heterocycles. The zero-order valence-electron chi connectivity index (χ0n) is 15.6. The third-order valence-corrected chi connectivity index (χ3v) is 4.89. The number of ether oxygens (including phenoxy) is 2. The number of amides is 3. The van der Waals surface area contributed by atoms with Crippen molar-refractivity contribution in [2.75, 3.05) is 19.5 Å². The van der Waals surface area contributed by atoms with Crippen LogP contribution in [-0.4, -0.2) is 26.2 Å². The summed E-state index contributed by atoms with van der Waals surface area (Å²) in [6, 6.07) is 11.5. The minimum absolute atomic E-state index is 0.331. The predicted molar refractivity (Wildman–Crippen MR) is 109 cm³/mol. The molecule has 7 nitrogen and oxygen atoms in total. The van der Waals surface area contributed by atoms with Gasteiger partial charge in [0.25, 0.3) is 5.91 Å². The number of methoxy groups -OCH3 is 2. The maximum Gasteiger partial charge on any atom is 0.319 e. The van der Waals surface area contributed by atoms with Crippen molar-refractivity contribution < 1.29 is 19.1 Å². The average Bonchev–Trinajstić information content (AvgIpc) is 2.68. The van der Waals surface area contributed by atoms with Crippen LogP contribution < -0.4 is 25.4 Å². The lowest BCUT2D eigenvalue weighted by atomic mass is 9.93. The second-order valence-corrected chi connectivity index (χ2v) is 7.03. The van der Waals surface area contributed by atoms with Crippen LogP contribution in [0.25, 0.3) is 0 Å². The lowest BCUT2D eigenvalue weighted by Gasteiger charge is -2.30. The molecule has 146 valence electrons. The first-order valence-electron chi connectivity index (χ1n) is 8.50. The standard InChI is InChI=1S/C20H20BrN3O4/c1-11-16(19(25)23-13-9-7-12(21)8-10-13)17(24-20(26)22-11)14-5-4-6-15(27-2)18(14)28-3/h4-10,17H,1-3H3,(H,23,25)(H2,22,24,26)/t17-/m1/s1. The Balaban J connectivity index is 2.02. The van der Waals surface area contributed by atoms with Crippen LogP contribution in [0.1, 0.15) is 18.5 Å². The van der Waals surface area contributed by atoms with Gasteiger partial charge in [-0.1, -0.05) is 28.1 Å². The number of carbonyl (C=O) groups excluding carboxylic acids is 2. The van der Waals surface area contributed by atoms with Gasteiger partial charge in [0.2, 0.25) is 0 Å². The molecule has 1 heterocycles. The molecule has 0 saturated carbocycles. The average molecular weight is 446 g/mol. The Hall–Kier alpha value is -3.00. The number of carbonyl (C=O) groups is 2. The van der Waals surface area contributed by atoms with E-state index in [9.17, 15) is 9.59 Å². The Morgan fingerprint density at radius 1 is 1.11 bits per heavy atom. The first kappa shape index (κ1) is 19.8. The van der Waals surface area contributed by atoms with E-state index in [-0.39, 0.29) is 5.91 Å². The van der Waals surface area contributed by atoms with Crippen molar-refractivity contribution in [1.82, 2.24) is 10.6 Å². The van der Waals surface area contributed by atoms with E-state index in [1.165, 1.54) is 14.2 Å². The number of anilines is 1. The molecule has 2 aromatic rings. The van der Waals surface area contributed by atoms with E-state index in [4.69, 9.17) is 9.47 Å². The summed E-state index contributed by atoms with van der Waals surface area (Å²) in [5.74, 6) is 0.638. The molecular weight excluding hydrogens is 426 g/mol. The van der Waals surface area contributed by atoms with Crippen LogP contribution in [0.4, 0.5) is 10.5 Å². The summed E-state index contributed by atoms with van der Waals surface area (Å²) in [6.45, 7) is 1.69. The summed E-state index contributed by atoms with van der Waals surface area (Å²) in [6.07, 6.45) is 0. The molecule has 1 aliphatic rings. The van der Waals surface area contributed by atoms with Crippen molar-refractivity contribution in [3.63, 3.8) is 0 Å². The molecule has 0 aliphatic carbocycles. The Bertz CT molecular complexity index is 941. The summed E-state index contributed by atoms with van der Waals surface area (Å²) in [5, 5.41) is 8.33. The first-order valence-corrected chi connectivity index (χ1v) is 9.30. The minimum Gasteiger partial charge on any atom is -0.493 e. The zero-order chi connectivity index (χ0) is 20.3. The van der Waals surface area contributed by atoms with E-state index in [0.29, 0.717) is 34.0 Å². The first-order chi connectivity index (χ1) is 13.4. The molecule has 0 fully saturated rings. The lowest BCUT2D eigenvalue weighted by Crippen LogP contribution is -2.46. The van der Waals surface area contributed by atoms with Gasteiger partial charge in [-0.05, 0) is 37.3 Å². The maximum absolute atomic E-state index is 13.1. The van der Waals surface area contributed by atoms with Crippen molar-refractivity contribution in [3.05, 3.63) is 63.8 Å². The summed E-state index contributed by atoms with van der Waals surface area (Å²) >= 11 is 3.37. The fraction of sp³-hybridized carbons (Fsp3) is 0.200. The fourth-order valence-electron chi connectivity index (χ4n) is 3.10. The predicted octanol–water partition coefficient (Wildman–Crippen LogP) is 3.73. The van der Waals surface area contributed by atoms with E-state index < -0.39 is 12.1 Å². The van der Waals surface area contributed by atoms with E-state index in [0.717, 1.165) is 4.47 Å². The molecule has 28 heavy (non-hydrogen) atoms. The van der Waals surface area contributed by atoms with Crippen molar-refractivity contribution in [2.45, 2.75) is 13.0 Å². The number of halogens is 1. The SMILES string of the molecule is COc1cccc([C@H]2NC(=O)NC(C)=C2C(=O)Nc2ccc(Br)cc2)c1OC. The van der Waals surface area contributed by atoms with Crippen molar-refractivity contribution in [2.24, 2.45) is 0 Å². The van der Waals surface area contributed by atoms with Gasteiger partial charge >= 0.3 is 6.03 Å². The van der Waals surface area contributed by atoms with Crippen molar-refractivity contribution >= 4 is 33.6 Å². The highest BCUT2D eigenvalue weighted by Crippen LogP contribution is 2.39. The molecule has 3 N–H and O–H groups in total. The molecule has 1 atom stereocenters. The van der Waals surface area contributed by atoms with Crippen LogP contribution in [0.15, 0.2) is 58.2 Å². The number of para-hydroxylation sites is 1. The van der Waals surface area contributed by atoms with Gasteiger partial charge in [-0.2, -0.15) is 0 Å². The molecule has 0 saturated heterocycles. The molecule has 2 aromatic carbocycles. The molecule has 8 heteroatoms. The number of benzene rings is 2. The van der Waals surface area contributed by atoms with Gasteiger partial charge in [0.05, 0.1) is 25.8 Å². The van der Waals surface area contributed by atoms with E-state index in [1.807, 2.05) is 12.1 Å². The topological polar surface area (TPSA) is 88.7 Å². The van der Waals surface area contributed by atoms with Gasteiger partial charge in [-0.15, -0.1) is 0 Å². The summed E-state index contributed by atoms with van der Waals surface area (Å²) in [5.41, 5.74) is 2.11. The highest BCUT2D eigenvalue weighted by Gasteiger charge is 2.33. The van der Waals surface area contributed by atoms with Crippen LogP contribution in [0.2, 0.25) is 0 Å². The highest BCUT2D eigenvalue weighted by molar-refractivity contribution is 9.10. The van der Waals surface area contributed by atoms with Gasteiger partial charge in [0.15, 0.2) is 11.5 Å². The largest absolute Gasteiger partial charge is 0.493 e. The third-order valence-electron chi connectivity index (χ3n) is 4.36. The number of urea groups is 1. The second-order valence-electron chi connectivity index (χ2n) is 6.11. The number of hydrogen-bond donors (Lipinski definition) is 3. The monoisotopic (exact) mass is 445 g/mol. The maximum atomic E-state index is 13.1. The molecule has 3 amide bonds. The number of nitrogens with one attached hydrogen (secondary N) is 3. The van der Waals surface area contributed by atoms with E-state index in [2.05, 4.69) is 31.9 Å². The Labute approximate surface area is 171 Å². The van der Waals surface area contributed by atoms with Crippen LogP contribution in [0.3, 0.4) is 0 Å². The van der Waals surface area contributed by atoms with Crippen LogP contribution >= 0.6 is 15.9 Å². The molecular formula is C20H20BrN3O4. The van der Waals surface area contributed by atoms with Crippen LogP contribution in [-0.2, 0) is 4.79 Å². The second kappa shape index (κ2) is 8.35. The molecule has 0 unspecified atom stereocenters. The van der Waals surface area contributed by atoms with Crippen molar-refractivity contribution in [1.29, 1.82) is 0 Å². The Morgan fingerprint density at radius 3 is 2.46 bits per heavy atom. The molecule has 0 spiro atoms. The van der Waals surface area contributed by atoms with Gasteiger partial charge in [0.1, 0.15) is 0 Å². The Morgan fingerprint density at radius 2 is 1.82 bits per heavy atom. The smallest absolute Gasteiger partial charge is 0.319 e. The van der Waals surface area contributed by atoms with Crippen molar-refractivity contribution in [3.8, 4) is 11.5 Å².